The largest absolute Gasteiger partial charge is 0.370 e. The number of primary amides is 1. The number of rotatable bonds is 10. The number of nitrogens with two attached hydrogens (primary N) is 1. The number of carbonyl (C=O) groups excluding carboxylic acids is 2. The average Bonchev–Trinajstić information content (AvgIpc) is 2.82. The van der Waals surface area contributed by atoms with Crippen molar-refractivity contribution < 1.29 is 18.0 Å². The molecule has 2 heterocycles. The Kier molecular flexibility index (Phi) is 8.75. The summed E-state index contributed by atoms with van der Waals surface area (Å²) in [6, 6.07) is 9.42. The number of carbonyl (C=O) groups is 2. The first-order valence-corrected chi connectivity index (χ1v) is 12.3. The molecule has 0 bridgehead atoms. The summed E-state index contributed by atoms with van der Waals surface area (Å²) in [5.41, 5.74) is 6.52. The summed E-state index contributed by atoms with van der Waals surface area (Å²) in [6.07, 6.45) is 5.32. The predicted molar refractivity (Wildman–Crippen MR) is 125 cm³/mol. The Balaban J connectivity index is 1.46. The summed E-state index contributed by atoms with van der Waals surface area (Å²) in [6.45, 7) is 3.27. The van der Waals surface area contributed by atoms with E-state index < -0.39 is 10.0 Å². The maximum absolute atomic E-state index is 13.0. The van der Waals surface area contributed by atoms with E-state index in [-0.39, 0.29) is 16.8 Å². The standard InChI is InChI=1S/C22H30N6O4S/c23-21(29)5-1-2-11-27-12-14-28(15-13-27)33(31,32)20-8-6-19(7-9-20)26-22(30)25-17-18-4-3-10-24-16-18/h3-4,6-10,16H,1-2,5,11-15,17H2,(H2,23,29)(H2,25,26,30). The molecule has 3 amide bonds. The molecule has 0 spiro atoms. The quantitative estimate of drug-likeness (QED) is 0.445. The second-order valence-corrected chi connectivity index (χ2v) is 9.80. The molecule has 1 fully saturated rings. The van der Waals surface area contributed by atoms with Crippen molar-refractivity contribution in [2.75, 3.05) is 38.0 Å². The maximum Gasteiger partial charge on any atom is 0.319 e. The number of hydrogen-bond donors (Lipinski definition) is 3. The molecule has 2 aromatic rings. The van der Waals surface area contributed by atoms with E-state index in [4.69, 9.17) is 5.73 Å². The third-order valence-electron chi connectivity index (χ3n) is 5.40. The van der Waals surface area contributed by atoms with Gasteiger partial charge in [-0.1, -0.05) is 6.07 Å². The van der Waals surface area contributed by atoms with Crippen LogP contribution in [0.1, 0.15) is 24.8 Å². The van der Waals surface area contributed by atoms with Gasteiger partial charge in [0.25, 0.3) is 0 Å². The van der Waals surface area contributed by atoms with Crippen molar-refractivity contribution in [3.63, 3.8) is 0 Å². The highest BCUT2D eigenvalue weighted by Crippen LogP contribution is 2.20. The van der Waals surface area contributed by atoms with E-state index in [2.05, 4.69) is 20.5 Å². The van der Waals surface area contributed by atoms with Gasteiger partial charge in [0.1, 0.15) is 0 Å². The molecule has 1 aromatic heterocycles. The van der Waals surface area contributed by atoms with E-state index in [1.54, 1.807) is 30.6 Å². The second-order valence-electron chi connectivity index (χ2n) is 7.86. The summed E-state index contributed by atoms with van der Waals surface area (Å²) in [5, 5.41) is 5.42. The van der Waals surface area contributed by atoms with Gasteiger partial charge in [-0.15, -0.1) is 0 Å². The highest BCUT2D eigenvalue weighted by atomic mass is 32.2. The van der Waals surface area contributed by atoms with Crippen molar-refractivity contribution in [1.29, 1.82) is 0 Å². The van der Waals surface area contributed by atoms with Gasteiger partial charge in [-0.25, -0.2) is 13.2 Å². The van der Waals surface area contributed by atoms with E-state index in [1.165, 1.54) is 16.4 Å². The Labute approximate surface area is 194 Å². The van der Waals surface area contributed by atoms with Gasteiger partial charge in [0.2, 0.25) is 15.9 Å². The Morgan fingerprint density at radius 2 is 1.76 bits per heavy atom. The molecule has 11 heteroatoms. The molecule has 3 rings (SSSR count). The van der Waals surface area contributed by atoms with Crippen LogP contribution in [0.5, 0.6) is 0 Å². The third-order valence-corrected chi connectivity index (χ3v) is 7.32. The minimum absolute atomic E-state index is 0.193. The van der Waals surface area contributed by atoms with Crippen LogP contribution in [0.3, 0.4) is 0 Å². The molecule has 10 nitrogen and oxygen atoms in total. The molecule has 1 aliphatic heterocycles. The van der Waals surface area contributed by atoms with Crippen LogP contribution in [-0.2, 0) is 21.4 Å². The molecular formula is C22H30N6O4S. The first-order chi connectivity index (χ1) is 15.8. The summed E-state index contributed by atoms with van der Waals surface area (Å²) in [4.78, 5) is 29.3. The fraction of sp³-hybridized carbons (Fsp3) is 0.409. The first kappa shape index (κ1) is 24.6. The zero-order chi connectivity index (χ0) is 23.7. The van der Waals surface area contributed by atoms with Crippen molar-refractivity contribution in [1.82, 2.24) is 19.5 Å². The Hall–Kier alpha value is -3.02. The lowest BCUT2D eigenvalue weighted by Gasteiger charge is -2.34. The highest BCUT2D eigenvalue weighted by molar-refractivity contribution is 7.89. The molecule has 0 aliphatic carbocycles. The lowest BCUT2D eigenvalue weighted by molar-refractivity contribution is -0.118. The zero-order valence-corrected chi connectivity index (χ0v) is 19.3. The second kappa shape index (κ2) is 11.7. The van der Waals surface area contributed by atoms with Crippen LogP contribution >= 0.6 is 0 Å². The lowest BCUT2D eigenvalue weighted by atomic mass is 10.2. The first-order valence-electron chi connectivity index (χ1n) is 10.9. The van der Waals surface area contributed by atoms with Crippen LogP contribution in [0.2, 0.25) is 0 Å². The van der Waals surface area contributed by atoms with Crippen LogP contribution < -0.4 is 16.4 Å². The lowest BCUT2D eigenvalue weighted by Crippen LogP contribution is -2.48. The van der Waals surface area contributed by atoms with Gasteiger partial charge >= 0.3 is 6.03 Å². The minimum Gasteiger partial charge on any atom is -0.370 e. The van der Waals surface area contributed by atoms with E-state index in [0.717, 1.165) is 24.9 Å². The Morgan fingerprint density at radius 1 is 1.03 bits per heavy atom. The molecule has 178 valence electrons. The molecule has 0 unspecified atom stereocenters. The molecule has 0 saturated carbocycles. The van der Waals surface area contributed by atoms with E-state index in [0.29, 0.717) is 44.8 Å². The van der Waals surface area contributed by atoms with Gasteiger partial charge in [-0.2, -0.15) is 4.31 Å². The minimum atomic E-state index is -3.60. The highest BCUT2D eigenvalue weighted by Gasteiger charge is 2.28. The molecular weight excluding hydrogens is 444 g/mol. The average molecular weight is 475 g/mol. The number of hydrogen-bond acceptors (Lipinski definition) is 6. The SMILES string of the molecule is NC(=O)CCCCN1CCN(S(=O)(=O)c2ccc(NC(=O)NCc3cccnc3)cc2)CC1. The topological polar surface area (TPSA) is 138 Å². The van der Waals surface area contributed by atoms with Crippen LogP contribution in [0.4, 0.5) is 10.5 Å². The van der Waals surface area contributed by atoms with E-state index >= 15 is 0 Å². The van der Waals surface area contributed by atoms with E-state index in [1.807, 2.05) is 6.07 Å². The van der Waals surface area contributed by atoms with Crippen molar-refractivity contribution >= 4 is 27.6 Å². The number of amides is 3. The summed E-state index contributed by atoms with van der Waals surface area (Å²) in [7, 11) is -3.60. The summed E-state index contributed by atoms with van der Waals surface area (Å²) >= 11 is 0. The Bertz CT molecular complexity index is 1020. The monoisotopic (exact) mass is 474 g/mol. The van der Waals surface area contributed by atoms with Crippen molar-refractivity contribution in [3.8, 4) is 0 Å². The summed E-state index contributed by atoms with van der Waals surface area (Å²) in [5.74, 6) is -0.294. The van der Waals surface area contributed by atoms with Crippen LogP contribution in [0.15, 0.2) is 53.7 Å². The molecule has 33 heavy (non-hydrogen) atoms. The van der Waals surface area contributed by atoms with Gasteiger partial charge < -0.3 is 21.3 Å². The molecule has 0 radical (unpaired) electrons. The number of pyridine rings is 1. The number of nitrogens with one attached hydrogen (secondary N) is 2. The summed E-state index contributed by atoms with van der Waals surface area (Å²) < 4.78 is 27.4. The van der Waals surface area contributed by atoms with Gasteiger partial charge in [-0.3, -0.25) is 9.78 Å². The van der Waals surface area contributed by atoms with Crippen molar-refractivity contribution in [3.05, 3.63) is 54.4 Å². The van der Waals surface area contributed by atoms with Crippen LogP contribution in [0, 0.1) is 0 Å². The van der Waals surface area contributed by atoms with Gasteiger partial charge in [0, 0.05) is 57.2 Å². The molecule has 1 aromatic carbocycles. The van der Waals surface area contributed by atoms with E-state index in [9.17, 15) is 18.0 Å². The van der Waals surface area contributed by atoms with Gasteiger partial charge in [0.05, 0.1) is 4.90 Å². The number of nitrogens with zero attached hydrogens (tertiary/aromatic N) is 3. The van der Waals surface area contributed by atoms with Crippen molar-refractivity contribution in [2.24, 2.45) is 5.73 Å². The molecule has 4 N–H and O–H groups in total. The normalized spacial score (nSPS) is 15.2. The molecule has 0 atom stereocenters. The fourth-order valence-corrected chi connectivity index (χ4v) is 4.97. The number of piperazine rings is 1. The van der Waals surface area contributed by atoms with Crippen LogP contribution in [-0.4, -0.2) is 67.3 Å². The Morgan fingerprint density at radius 3 is 2.39 bits per heavy atom. The number of benzene rings is 1. The predicted octanol–water partition coefficient (Wildman–Crippen LogP) is 1.37. The molecule has 1 saturated heterocycles. The number of urea groups is 1. The molecule has 1 aliphatic rings. The van der Waals surface area contributed by atoms with Gasteiger partial charge in [-0.05, 0) is 55.3 Å². The smallest absolute Gasteiger partial charge is 0.319 e. The zero-order valence-electron chi connectivity index (χ0n) is 18.4. The number of unbranched alkanes of at least 4 members (excludes halogenated alkanes) is 1. The van der Waals surface area contributed by atoms with Crippen molar-refractivity contribution in [2.45, 2.75) is 30.7 Å². The third kappa shape index (κ3) is 7.52. The maximum atomic E-state index is 13.0. The fourth-order valence-electron chi connectivity index (χ4n) is 3.55. The number of sulfonamides is 1. The number of anilines is 1. The number of aromatic nitrogens is 1. The van der Waals surface area contributed by atoms with Crippen LogP contribution in [0.25, 0.3) is 0 Å². The van der Waals surface area contributed by atoms with Gasteiger partial charge in [0.15, 0.2) is 0 Å².